The highest BCUT2D eigenvalue weighted by atomic mass is 32.2. The molecule has 0 aliphatic heterocycles. The lowest BCUT2D eigenvalue weighted by Crippen LogP contribution is -2.30. The molecule has 0 bridgehead atoms. The maximum absolute atomic E-state index is 11.8. The van der Waals surface area contributed by atoms with Crippen LogP contribution in [0.4, 0.5) is 16.2 Å². The maximum atomic E-state index is 11.8. The van der Waals surface area contributed by atoms with Crippen molar-refractivity contribution >= 4 is 28.2 Å². The van der Waals surface area contributed by atoms with Crippen molar-refractivity contribution in [2.75, 3.05) is 18.1 Å². The second-order valence-electron chi connectivity index (χ2n) is 5.04. The Morgan fingerprint density at radius 3 is 2.54 bits per heavy atom. The van der Waals surface area contributed by atoms with Gasteiger partial charge in [0.05, 0.1) is 4.92 Å². The van der Waals surface area contributed by atoms with Gasteiger partial charge in [0.2, 0.25) is 0 Å². The number of carbonyl (C=O) groups excluding carboxylic acids is 1. The Balaban J connectivity index is 1.82. The van der Waals surface area contributed by atoms with E-state index >= 15 is 0 Å². The summed E-state index contributed by atoms with van der Waals surface area (Å²) in [6.45, 7) is 0.351. The highest BCUT2D eigenvalue weighted by Crippen LogP contribution is 2.13. The Labute approximate surface area is 141 Å². The number of anilines is 1. The van der Waals surface area contributed by atoms with E-state index in [1.54, 1.807) is 42.7 Å². The van der Waals surface area contributed by atoms with Gasteiger partial charge in [-0.2, -0.15) is 0 Å². The van der Waals surface area contributed by atoms with E-state index in [1.807, 2.05) is 0 Å². The average Bonchev–Trinajstić information content (AvgIpc) is 2.55. The van der Waals surface area contributed by atoms with Gasteiger partial charge in [0.1, 0.15) is 0 Å². The molecule has 1 unspecified atom stereocenters. The van der Waals surface area contributed by atoms with E-state index in [0.717, 1.165) is 5.56 Å². The number of urea groups is 1. The highest BCUT2D eigenvalue weighted by Gasteiger charge is 2.06. The molecule has 0 saturated carbocycles. The molecule has 2 rings (SSSR count). The molecule has 1 atom stereocenters. The number of hydrogen-bond donors (Lipinski definition) is 2. The molecule has 2 aromatic carbocycles. The van der Waals surface area contributed by atoms with Gasteiger partial charge in [-0.1, -0.05) is 12.1 Å². The summed E-state index contributed by atoms with van der Waals surface area (Å²) in [4.78, 5) is 22.8. The van der Waals surface area contributed by atoms with Crippen molar-refractivity contribution in [1.82, 2.24) is 5.32 Å². The topological polar surface area (TPSA) is 101 Å². The van der Waals surface area contributed by atoms with Crippen LogP contribution < -0.4 is 10.6 Å². The van der Waals surface area contributed by atoms with E-state index < -0.39 is 15.7 Å². The fraction of sp³-hybridized carbons (Fsp3) is 0.188. The predicted octanol–water partition coefficient (Wildman–Crippen LogP) is 2.70. The minimum Gasteiger partial charge on any atom is -0.338 e. The quantitative estimate of drug-likeness (QED) is 0.619. The first-order chi connectivity index (χ1) is 11.5. The molecule has 24 heavy (non-hydrogen) atoms. The predicted molar refractivity (Wildman–Crippen MR) is 92.6 cm³/mol. The van der Waals surface area contributed by atoms with Crippen molar-refractivity contribution in [3.63, 3.8) is 0 Å². The number of nitrogens with zero attached hydrogens (tertiary/aromatic N) is 1. The number of benzene rings is 2. The third kappa shape index (κ3) is 5.17. The first-order valence-corrected chi connectivity index (χ1v) is 8.73. The summed E-state index contributed by atoms with van der Waals surface area (Å²) in [6, 6.07) is 12.7. The van der Waals surface area contributed by atoms with E-state index in [0.29, 0.717) is 23.5 Å². The Hall–Kier alpha value is -2.74. The minimum atomic E-state index is -1.06. The number of non-ortho nitro benzene ring substituents is 1. The monoisotopic (exact) mass is 347 g/mol. The SMILES string of the molecule is CS(=O)c1ccc(NC(=O)NCCc2cccc([N+](=O)[O-])c2)cc1. The van der Waals surface area contributed by atoms with Crippen LogP contribution in [-0.2, 0) is 17.2 Å². The van der Waals surface area contributed by atoms with Gasteiger partial charge in [-0.05, 0) is 36.2 Å². The zero-order valence-electron chi connectivity index (χ0n) is 13.0. The van der Waals surface area contributed by atoms with E-state index in [4.69, 9.17) is 0 Å². The molecular weight excluding hydrogens is 330 g/mol. The van der Waals surface area contributed by atoms with Crippen molar-refractivity contribution in [2.45, 2.75) is 11.3 Å². The fourth-order valence-electron chi connectivity index (χ4n) is 2.05. The van der Waals surface area contributed by atoms with Crippen LogP contribution in [0.2, 0.25) is 0 Å². The molecule has 7 nitrogen and oxygen atoms in total. The Kier molecular flexibility index (Phi) is 6.02. The largest absolute Gasteiger partial charge is 0.338 e. The molecule has 126 valence electrons. The summed E-state index contributed by atoms with van der Waals surface area (Å²) >= 11 is 0. The van der Waals surface area contributed by atoms with Crippen LogP contribution in [0.3, 0.4) is 0 Å². The van der Waals surface area contributed by atoms with Gasteiger partial charge in [0, 0.05) is 46.3 Å². The molecule has 0 fully saturated rings. The van der Waals surface area contributed by atoms with Gasteiger partial charge in [-0.3, -0.25) is 14.3 Å². The molecule has 0 radical (unpaired) electrons. The van der Waals surface area contributed by atoms with Crippen LogP contribution in [0, 0.1) is 10.1 Å². The summed E-state index contributed by atoms with van der Waals surface area (Å²) in [5.41, 5.74) is 1.40. The minimum absolute atomic E-state index is 0.0327. The van der Waals surface area contributed by atoms with E-state index in [-0.39, 0.29) is 11.7 Å². The molecule has 0 aliphatic carbocycles. The van der Waals surface area contributed by atoms with Crippen molar-refractivity contribution in [2.24, 2.45) is 0 Å². The van der Waals surface area contributed by atoms with E-state index in [9.17, 15) is 19.1 Å². The average molecular weight is 347 g/mol. The molecule has 2 N–H and O–H groups in total. The van der Waals surface area contributed by atoms with Crippen molar-refractivity contribution in [1.29, 1.82) is 0 Å². The zero-order valence-corrected chi connectivity index (χ0v) is 13.8. The Bertz CT molecular complexity index is 762. The highest BCUT2D eigenvalue weighted by molar-refractivity contribution is 7.84. The summed E-state index contributed by atoms with van der Waals surface area (Å²) < 4.78 is 11.3. The van der Waals surface area contributed by atoms with Crippen molar-refractivity contribution < 1.29 is 13.9 Å². The molecule has 0 heterocycles. The van der Waals surface area contributed by atoms with Crippen molar-refractivity contribution in [3.8, 4) is 0 Å². The lowest BCUT2D eigenvalue weighted by molar-refractivity contribution is -0.384. The number of nitro groups is 1. The molecule has 0 saturated heterocycles. The molecule has 0 aliphatic rings. The molecular formula is C16H17N3O4S. The zero-order chi connectivity index (χ0) is 17.5. The van der Waals surface area contributed by atoms with Crippen LogP contribution in [0.1, 0.15) is 5.56 Å². The van der Waals surface area contributed by atoms with Crippen LogP contribution in [-0.4, -0.2) is 28.0 Å². The number of rotatable bonds is 6. The summed E-state index contributed by atoms with van der Waals surface area (Å²) in [5.74, 6) is 0. The van der Waals surface area contributed by atoms with E-state index in [1.165, 1.54) is 12.1 Å². The smallest absolute Gasteiger partial charge is 0.319 e. The molecule has 0 spiro atoms. The number of hydrogen-bond acceptors (Lipinski definition) is 4. The maximum Gasteiger partial charge on any atom is 0.319 e. The lowest BCUT2D eigenvalue weighted by atomic mass is 10.1. The van der Waals surface area contributed by atoms with Crippen LogP contribution >= 0.6 is 0 Å². The van der Waals surface area contributed by atoms with Crippen LogP contribution in [0.15, 0.2) is 53.4 Å². The van der Waals surface area contributed by atoms with Gasteiger partial charge in [0.25, 0.3) is 5.69 Å². The summed E-state index contributed by atoms with van der Waals surface area (Å²) in [5, 5.41) is 16.1. The second-order valence-corrected chi connectivity index (χ2v) is 6.42. The molecule has 2 amide bonds. The first-order valence-electron chi connectivity index (χ1n) is 7.17. The van der Waals surface area contributed by atoms with Gasteiger partial charge in [-0.25, -0.2) is 4.79 Å². The fourth-order valence-corrected chi connectivity index (χ4v) is 2.57. The third-order valence-corrected chi connectivity index (χ3v) is 4.20. The second kappa shape index (κ2) is 8.21. The Morgan fingerprint density at radius 2 is 1.92 bits per heavy atom. The lowest BCUT2D eigenvalue weighted by Gasteiger charge is -2.08. The number of nitro benzene ring substituents is 1. The number of carbonyl (C=O) groups is 1. The summed E-state index contributed by atoms with van der Waals surface area (Å²) in [7, 11) is -1.06. The van der Waals surface area contributed by atoms with Gasteiger partial charge < -0.3 is 10.6 Å². The normalized spacial score (nSPS) is 11.5. The molecule has 2 aromatic rings. The van der Waals surface area contributed by atoms with E-state index in [2.05, 4.69) is 10.6 Å². The van der Waals surface area contributed by atoms with Gasteiger partial charge >= 0.3 is 6.03 Å². The summed E-state index contributed by atoms with van der Waals surface area (Å²) in [6.07, 6.45) is 2.08. The van der Waals surface area contributed by atoms with Crippen molar-refractivity contribution in [3.05, 3.63) is 64.2 Å². The Morgan fingerprint density at radius 1 is 1.21 bits per heavy atom. The van der Waals surface area contributed by atoms with Gasteiger partial charge in [0.15, 0.2) is 0 Å². The third-order valence-electron chi connectivity index (χ3n) is 3.26. The standard InChI is InChI=1S/C16H17N3O4S/c1-24(23)15-7-5-13(6-8-15)18-16(20)17-10-9-12-3-2-4-14(11-12)19(21)22/h2-8,11H,9-10H2,1H3,(H2,17,18,20). The number of amides is 2. The van der Waals surface area contributed by atoms with Gasteiger partial charge in [-0.15, -0.1) is 0 Å². The molecule has 0 aromatic heterocycles. The number of nitrogens with one attached hydrogen (secondary N) is 2. The molecule has 8 heteroatoms. The van der Waals surface area contributed by atoms with Crippen LogP contribution in [0.25, 0.3) is 0 Å². The first kappa shape index (κ1) is 17.6. The van der Waals surface area contributed by atoms with Crippen LogP contribution in [0.5, 0.6) is 0 Å².